The Kier molecular flexibility index (Phi) is 7.39. The van der Waals surface area contributed by atoms with Gasteiger partial charge in [0.25, 0.3) is 0 Å². The Balaban J connectivity index is 3.32. The first-order valence-corrected chi connectivity index (χ1v) is 5.75. The van der Waals surface area contributed by atoms with Gasteiger partial charge in [-0.25, -0.2) is 0 Å². The van der Waals surface area contributed by atoms with Gasteiger partial charge in [0.1, 0.15) is 5.60 Å². The van der Waals surface area contributed by atoms with E-state index in [1.165, 1.54) is 12.8 Å². The molecule has 0 aliphatic heterocycles. The summed E-state index contributed by atoms with van der Waals surface area (Å²) in [7, 11) is 0. The zero-order chi connectivity index (χ0) is 11.7. The topological polar surface area (TPSA) is 35.5 Å². The van der Waals surface area contributed by atoms with E-state index in [1.807, 2.05) is 20.8 Å². The summed E-state index contributed by atoms with van der Waals surface area (Å²) in [6.45, 7) is 8.98. The molecule has 0 bridgehead atoms. The lowest BCUT2D eigenvalue weighted by molar-refractivity contribution is -0.156. The van der Waals surface area contributed by atoms with Crippen molar-refractivity contribution in [3.8, 4) is 0 Å². The van der Waals surface area contributed by atoms with Crippen LogP contribution in [0.25, 0.3) is 0 Å². The van der Waals surface area contributed by atoms with Crippen LogP contribution in [-0.2, 0) is 14.3 Å². The summed E-state index contributed by atoms with van der Waals surface area (Å²) < 4.78 is 10.5. The summed E-state index contributed by atoms with van der Waals surface area (Å²) in [6, 6.07) is 0. The summed E-state index contributed by atoms with van der Waals surface area (Å²) in [5, 5.41) is 0. The highest BCUT2D eigenvalue weighted by molar-refractivity contribution is 5.69. The molecule has 3 nitrogen and oxygen atoms in total. The Morgan fingerprint density at radius 1 is 1.13 bits per heavy atom. The predicted octanol–water partition coefficient (Wildman–Crippen LogP) is 2.93. The van der Waals surface area contributed by atoms with Crippen molar-refractivity contribution in [1.29, 1.82) is 0 Å². The lowest BCUT2D eigenvalue weighted by atomic mass is 10.2. The van der Waals surface area contributed by atoms with Crippen LogP contribution in [0.2, 0.25) is 0 Å². The van der Waals surface area contributed by atoms with Crippen molar-refractivity contribution in [3.05, 3.63) is 0 Å². The van der Waals surface area contributed by atoms with Gasteiger partial charge in [-0.2, -0.15) is 0 Å². The lowest BCUT2D eigenvalue weighted by Gasteiger charge is -2.19. The van der Waals surface area contributed by atoms with E-state index in [2.05, 4.69) is 6.92 Å². The van der Waals surface area contributed by atoms with E-state index >= 15 is 0 Å². The second-order valence-corrected chi connectivity index (χ2v) is 4.66. The second-order valence-electron chi connectivity index (χ2n) is 4.66. The summed E-state index contributed by atoms with van der Waals surface area (Å²) in [6.07, 6.45) is 3.80. The number of esters is 1. The lowest BCUT2D eigenvalue weighted by Crippen LogP contribution is -2.24. The molecule has 0 spiro atoms. The number of carbonyl (C=O) groups is 1. The molecule has 0 aromatic heterocycles. The number of hydrogen-bond acceptors (Lipinski definition) is 3. The summed E-state index contributed by atoms with van der Waals surface area (Å²) >= 11 is 0. The molecule has 15 heavy (non-hydrogen) atoms. The van der Waals surface area contributed by atoms with Crippen LogP contribution in [-0.4, -0.2) is 24.8 Å². The quantitative estimate of drug-likeness (QED) is 0.485. The van der Waals surface area contributed by atoms with Gasteiger partial charge in [-0.1, -0.05) is 19.8 Å². The van der Waals surface area contributed by atoms with E-state index < -0.39 is 0 Å². The highest BCUT2D eigenvalue weighted by atomic mass is 16.6. The molecular formula is C12H24O3. The van der Waals surface area contributed by atoms with Crippen molar-refractivity contribution in [2.24, 2.45) is 0 Å². The highest BCUT2D eigenvalue weighted by Crippen LogP contribution is 2.08. The minimum atomic E-state index is -0.390. The number of ether oxygens (including phenoxy) is 2. The molecule has 0 N–H and O–H groups in total. The SMILES string of the molecule is CCCCCOCCC(=O)OC(C)(C)C. The maximum absolute atomic E-state index is 11.2. The van der Waals surface area contributed by atoms with Crippen LogP contribution >= 0.6 is 0 Å². The van der Waals surface area contributed by atoms with Crippen LogP contribution in [0.5, 0.6) is 0 Å². The third-order valence-electron chi connectivity index (χ3n) is 1.76. The van der Waals surface area contributed by atoms with E-state index in [1.54, 1.807) is 0 Å². The Hall–Kier alpha value is -0.570. The van der Waals surface area contributed by atoms with Gasteiger partial charge < -0.3 is 9.47 Å². The maximum Gasteiger partial charge on any atom is 0.308 e. The normalized spacial score (nSPS) is 11.5. The van der Waals surface area contributed by atoms with Crippen molar-refractivity contribution in [1.82, 2.24) is 0 Å². The van der Waals surface area contributed by atoms with E-state index in [4.69, 9.17) is 9.47 Å². The van der Waals surface area contributed by atoms with Crippen LogP contribution in [0.15, 0.2) is 0 Å². The second kappa shape index (κ2) is 7.69. The average molecular weight is 216 g/mol. The molecule has 0 fully saturated rings. The predicted molar refractivity (Wildman–Crippen MR) is 60.8 cm³/mol. The van der Waals surface area contributed by atoms with Crippen molar-refractivity contribution in [2.75, 3.05) is 13.2 Å². The molecule has 0 aromatic carbocycles. The van der Waals surface area contributed by atoms with Gasteiger partial charge in [0.15, 0.2) is 0 Å². The highest BCUT2D eigenvalue weighted by Gasteiger charge is 2.15. The van der Waals surface area contributed by atoms with Gasteiger partial charge in [0.05, 0.1) is 13.0 Å². The largest absolute Gasteiger partial charge is 0.460 e. The Morgan fingerprint density at radius 2 is 1.80 bits per heavy atom. The molecule has 0 saturated carbocycles. The smallest absolute Gasteiger partial charge is 0.308 e. The molecule has 0 amide bonds. The maximum atomic E-state index is 11.2. The van der Waals surface area contributed by atoms with E-state index in [-0.39, 0.29) is 11.6 Å². The fourth-order valence-electron chi connectivity index (χ4n) is 1.10. The molecule has 0 rings (SSSR count). The Morgan fingerprint density at radius 3 is 2.33 bits per heavy atom. The zero-order valence-corrected chi connectivity index (χ0v) is 10.5. The summed E-state index contributed by atoms with van der Waals surface area (Å²) in [5.74, 6) is -0.182. The molecular weight excluding hydrogens is 192 g/mol. The van der Waals surface area contributed by atoms with Crippen LogP contribution in [0.3, 0.4) is 0 Å². The van der Waals surface area contributed by atoms with E-state index in [0.717, 1.165) is 13.0 Å². The summed E-state index contributed by atoms with van der Waals surface area (Å²) in [5.41, 5.74) is -0.390. The first kappa shape index (κ1) is 14.4. The number of rotatable bonds is 7. The molecule has 0 atom stereocenters. The molecule has 90 valence electrons. The van der Waals surface area contributed by atoms with Crippen LogP contribution < -0.4 is 0 Å². The molecule has 0 heterocycles. The van der Waals surface area contributed by atoms with Crippen molar-refractivity contribution in [3.63, 3.8) is 0 Å². The van der Waals surface area contributed by atoms with Crippen molar-refractivity contribution >= 4 is 5.97 Å². The van der Waals surface area contributed by atoms with Crippen LogP contribution in [0.4, 0.5) is 0 Å². The Bertz CT molecular complexity index is 170. The third kappa shape index (κ3) is 11.4. The minimum Gasteiger partial charge on any atom is -0.460 e. The molecule has 0 unspecified atom stereocenters. The molecule has 0 aromatic rings. The third-order valence-corrected chi connectivity index (χ3v) is 1.76. The first-order valence-electron chi connectivity index (χ1n) is 5.75. The fraction of sp³-hybridized carbons (Fsp3) is 0.917. The minimum absolute atomic E-state index is 0.182. The van der Waals surface area contributed by atoms with Crippen molar-refractivity contribution in [2.45, 2.75) is 59.0 Å². The van der Waals surface area contributed by atoms with Gasteiger partial charge in [0.2, 0.25) is 0 Å². The molecule has 0 radical (unpaired) electrons. The average Bonchev–Trinajstić information content (AvgIpc) is 2.08. The van der Waals surface area contributed by atoms with Gasteiger partial charge >= 0.3 is 5.97 Å². The van der Waals surface area contributed by atoms with Gasteiger partial charge in [-0.3, -0.25) is 4.79 Å². The molecule has 0 aliphatic carbocycles. The fourth-order valence-corrected chi connectivity index (χ4v) is 1.10. The van der Waals surface area contributed by atoms with Crippen molar-refractivity contribution < 1.29 is 14.3 Å². The van der Waals surface area contributed by atoms with E-state index in [0.29, 0.717) is 13.0 Å². The molecule has 3 heteroatoms. The van der Waals surface area contributed by atoms with Crippen LogP contribution in [0, 0.1) is 0 Å². The number of carbonyl (C=O) groups excluding carboxylic acids is 1. The molecule has 0 saturated heterocycles. The standard InChI is InChI=1S/C12H24O3/c1-5-6-7-9-14-10-8-11(13)15-12(2,3)4/h5-10H2,1-4H3. The van der Waals surface area contributed by atoms with Gasteiger partial charge in [-0.05, 0) is 27.2 Å². The van der Waals surface area contributed by atoms with Gasteiger partial charge in [0, 0.05) is 6.61 Å². The first-order chi connectivity index (χ1) is 6.95. The molecule has 0 aliphatic rings. The zero-order valence-electron chi connectivity index (χ0n) is 10.5. The monoisotopic (exact) mass is 216 g/mol. The number of hydrogen-bond donors (Lipinski definition) is 0. The Labute approximate surface area is 93.1 Å². The van der Waals surface area contributed by atoms with Crippen LogP contribution in [0.1, 0.15) is 53.4 Å². The van der Waals surface area contributed by atoms with Gasteiger partial charge in [-0.15, -0.1) is 0 Å². The van der Waals surface area contributed by atoms with E-state index in [9.17, 15) is 4.79 Å². The summed E-state index contributed by atoms with van der Waals surface area (Å²) in [4.78, 5) is 11.2. The number of unbranched alkanes of at least 4 members (excludes halogenated alkanes) is 2.